The molecule has 1 aromatic rings. The van der Waals surface area contributed by atoms with Crippen molar-refractivity contribution in [2.45, 2.75) is 38.0 Å². The van der Waals surface area contributed by atoms with Crippen molar-refractivity contribution in [2.24, 2.45) is 5.92 Å². The van der Waals surface area contributed by atoms with E-state index in [1.165, 1.54) is 11.4 Å². The molecule has 138 valence electrons. The Balaban J connectivity index is 1.83. The summed E-state index contributed by atoms with van der Waals surface area (Å²) in [5, 5.41) is 0. The van der Waals surface area contributed by atoms with Crippen LogP contribution >= 0.6 is 0 Å². The number of aryl methyl sites for hydroxylation is 2. The van der Waals surface area contributed by atoms with E-state index in [4.69, 9.17) is 4.74 Å². The molecule has 0 bridgehead atoms. The lowest BCUT2D eigenvalue weighted by atomic mass is 10.1. The molecule has 0 atom stereocenters. The SMILES string of the molecule is COc1cc(C)c(C)cc1S(=O)(=O)N1CCCN(C(=O)C2CC2)CC1. The van der Waals surface area contributed by atoms with Crippen LogP contribution in [0.1, 0.15) is 30.4 Å². The monoisotopic (exact) mass is 366 g/mol. The summed E-state index contributed by atoms with van der Waals surface area (Å²) in [7, 11) is -2.16. The van der Waals surface area contributed by atoms with Crippen molar-refractivity contribution < 1.29 is 17.9 Å². The molecule has 1 saturated carbocycles. The van der Waals surface area contributed by atoms with Crippen LogP contribution in [0.4, 0.5) is 0 Å². The van der Waals surface area contributed by atoms with Gasteiger partial charge < -0.3 is 9.64 Å². The highest BCUT2D eigenvalue weighted by molar-refractivity contribution is 7.89. The van der Waals surface area contributed by atoms with Crippen LogP contribution < -0.4 is 4.74 Å². The molecular formula is C18H26N2O4S. The lowest BCUT2D eigenvalue weighted by Gasteiger charge is -2.23. The first-order chi connectivity index (χ1) is 11.8. The minimum Gasteiger partial charge on any atom is -0.495 e. The third kappa shape index (κ3) is 3.67. The molecular weight excluding hydrogens is 340 g/mol. The van der Waals surface area contributed by atoms with E-state index in [-0.39, 0.29) is 16.7 Å². The number of benzene rings is 1. The molecule has 1 heterocycles. The second kappa shape index (κ2) is 6.96. The molecule has 0 unspecified atom stereocenters. The number of rotatable bonds is 4. The molecule has 1 aliphatic carbocycles. The number of carbonyl (C=O) groups is 1. The first-order valence-electron chi connectivity index (χ1n) is 8.78. The van der Waals surface area contributed by atoms with Gasteiger partial charge in [-0.15, -0.1) is 0 Å². The zero-order chi connectivity index (χ0) is 18.2. The summed E-state index contributed by atoms with van der Waals surface area (Å²) in [6.07, 6.45) is 2.60. The van der Waals surface area contributed by atoms with Crippen molar-refractivity contribution in [3.63, 3.8) is 0 Å². The molecule has 2 aliphatic rings. The van der Waals surface area contributed by atoms with E-state index in [0.717, 1.165) is 24.0 Å². The second-order valence-corrected chi connectivity index (χ2v) is 8.85. The molecule has 1 amide bonds. The minimum atomic E-state index is -3.65. The summed E-state index contributed by atoms with van der Waals surface area (Å²) < 4.78 is 33.1. The Morgan fingerprint density at radius 2 is 1.76 bits per heavy atom. The van der Waals surface area contributed by atoms with Crippen LogP contribution in [0, 0.1) is 19.8 Å². The van der Waals surface area contributed by atoms with Gasteiger partial charge in [-0.2, -0.15) is 4.31 Å². The molecule has 0 aromatic heterocycles. The molecule has 25 heavy (non-hydrogen) atoms. The van der Waals surface area contributed by atoms with Crippen LogP contribution in [0.3, 0.4) is 0 Å². The Morgan fingerprint density at radius 1 is 1.08 bits per heavy atom. The van der Waals surface area contributed by atoms with Gasteiger partial charge in [0.15, 0.2) is 0 Å². The topological polar surface area (TPSA) is 66.9 Å². The number of hydrogen-bond donors (Lipinski definition) is 0. The normalized spacial score (nSPS) is 19.6. The fourth-order valence-electron chi connectivity index (χ4n) is 3.21. The van der Waals surface area contributed by atoms with Gasteiger partial charge in [-0.25, -0.2) is 8.42 Å². The quantitative estimate of drug-likeness (QED) is 0.817. The van der Waals surface area contributed by atoms with E-state index in [1.807, 2.05) is 18.7 Å². The van der Waals surface area contributed by atoms with Crippen molar-refractivity contribution in [3.05, 3.63) is 23.3 Å². The molecule has 0 spiro atoms. The molecule has 0 N–H and O–H groups in total. The first kappa shape index (κ1) is 18.2. The van der Waals surface area contributed by atoms with E-state index in [9.17, 15) is 13.2 Å². The van der Waals surface area contributed by atoms with Crippen molar-refractivity contribution in [3.8, 4) is 5.75 Å². The summed E-state index contributed by atoms with van der Waals surface area (Å²) in [4.78, 5) is 14.3. The van der Waals surface area contributed by atoms with E-state index in [2.05, 4.69) is 0 Å². The fraction of sp³-hybridized carbons (Fsp3) is 0.611. The van der Waals surface area contributed by atoms with Gasteiger partial charge in [0.05, 0.1) is 7.11 Å². The van der Waals surface area contributed by atoms with Crippen molar-refractivity contribution in [1.82, 2.24) is 9.21 Å². The zero-order valence-corrected chi connectivity index (χ0v) is 15.9. The zero-order valence-electron chi connectivity index (χ0n) is 15.1. The molecule has 6 nitrogen and oxygen atoms in total. The number of carbonyl (C=O) groups excluding carboxylic acids is 1. The molecule has 1 aliphatic heterocycles. The number of ether oxygens (including phenoxy) is 1. The van der Waals surface area contributed by atoms with E-state index in [0.29, 0.717) is 38.3 Å². The van der Waals surface area contributed by atoms with E-state index in [1.54, 1.807) is 12.1 Å². The number of amides is 1. The fourth-order valence-corrected chi connectivity index (χ4v) is 4.90. The van der Waals surface area contributed by atoms with Gasteiger partial charge in [-0.05, 0) is 56.4 Å². The van der Waals surface area contributed by atoms with Gasteiger partial charge in [0.2, 0.25) is 15.9 Å². The first-order valence-corrected chi connectivity index (χ1v) is 10.2. The predicted octanol–water partition coefficient (Wildman–Crippen LogP) is 1.95. The lowest BCUT2D eigenvalue weighted by molar-refractivity contribution is -0.132. The predicted molar refractivity (Wildman–Crippen MR) is 95.1 cm³/mol. The van der Waals surface area contributed by atoms with Gasteiger partial charge >= 0.3 is 0 Å². The van der Waals surface area contributed by atoms with Crippen molar-refractivity contribution in [1.29, 1.82) is 0 Å². The summed E-state index contributed by atoms with van der Waals surface area (Å²) in [6.45, 7) is 5.67. The average Bonchev–Trinajstić information content (AvgIpc) is 3.42. The number of nitrogens with zero attached hydrogens (tertiary/aromatic N) is 2. The number of methoxy groups -OCH3 is 1. The van der Waals surface area contributed by atoms with E-state index >= 15 is 0 Å². The maximum Gasteiger partial charge on any atom is 0.246 e. The van der Waals surface area contributed by atoms with Gasteiger partial charge in [-0.3, -0.25) is 4.79 Å². The van der Waals surface area contributed by atoms with Crippen molar-refractivity contribution in [2.75, 3.05) is 33.3 Å². The molecule has 3 rings (SSSR count). The Hall–Kier alpha value is -1.60. The van der Waals surface area contributed by atoms with Gasteiger partial charge in [0.25, 0.3) is 0 Å². The summed E-state index contributed by atoms with van der Waals surface area (Å²) >= 11 is 0. The molecule has 1 saturated heterocycles. The standard InChI is InChI=1S/C18H26N2O4S/c1-13-11-16(24-3)17(12-14(13)2)25(22,23)20-8-4-7-19(9-10-20)18(21)15-5-6-15/h11-12,15H,4-10H2,1-3H3. The Labute approximate surface area is 149 Å². The van der Waals surface area contributed by atoms with Gasteiger partial charge in [-0.1, -0.05) is 0 Å². The molecule has 1 aromatic carbocycles. The van der Waals surface area contributed by atoms with Crippen LogP contribution in [0.5, 0.6) is 5.75 Å². The molecule has 0 radical (unpaired) electrons. The molecule has 7 heteroatoms. The van der Waals surface area contributed by atoms with E-state index < -0.39 is 10.0 Å². The smallest absolute Gasteiger partial charge is 0.246 e. The van der Waals surface area contributed by atoms with Crippen LogP contribution in [0.15, 0.2) is 17.0 Å². The lowest BCUT2D eigenvalue weighted by Crippen LogP contribution is -2.38. The minimum absolute atomic E-state index is 0.169. The Kier molecular flexibility index (Phi) is 5.06. The van der Waals surface area contributed by atoms with Crippen molar-refractivity contribution >= 4 is 15.9 Å². The summed E-state index contributed by atoms with van der Waals surface area (Å²) in [6, 6.07) is 3.45. The summed E-state index contributed by atoms with van der Waals surface area (Å²) in [5.74, 6) is 0.726. The average molecular weight is 366 g/mol. The van der Waals surface area contributed by atoms with Gasteiger partial charge in [0, 0.05) is 32.1 Å². The summed E-state index contributed by atoms with van der Waals surface area (Å²) in [5.41, 5.74) is 1.91. The largest absolute Gasteiger partial charge is 0.495 e. The highest BCUT2D eigenvalue weighted by atomic mass is 32.2. The van der Waals surface area contributed by atoms with Gasteiger partial charge in [0.1, 0.15) is 10.6 Å². The second-order valence-electron chi connectivity index (χ2n) is 6.94. The van der Waals surface area contributed by atoms with Crippen LogP contribution in [0.25, 0.3) is 0 Å². The highest BCUT2D eigenvalue weighted by Gasteiger charge is 2.36. The third-order valence-electron chi connectivity index (χ3n) is 5.09. The highest BCUT2D eigenvalue weighted by Crippen LogP contribution is 2.32. The van der Waals surface area contributed by atoms with Crippen LogP contribution in [-0.4, -0.2) is 56.8 Å². The molecule has 2 fully saturated rings. The Morgan fingerprint density at radius 3 is 2.40 bits per heavy atom. The maximum absolute atomic E-state index is 13.1. The Bertz CT molecular complexity index is 772. The van der Waals surface area contributed by atoms with Crippen LogP contribution in [-0.2, 0) is 14.8 Å². The van der Waals surface area contributed by atoms with Crippen LogP contribution in [0.2, 0.25) is 0 Å². The number of hydrogen-bond acceptors (Lipinski definition) is 4. The third-order valence-corrected chi connectivity index (χ3v) is 7.01. The maximum atomic E-state index is 13.1. The number of sulfonamides is 1.